The molecule has 2 N–H and O–H groups in total. The average molecular weight is 220 g/mol. The lowest BCUT2D eigenvalue weighted by Gasteiger charge is -2.27. The summed E-state index contributed by atoms with van der Waals surface area (Å²) in [7, 11) is 0. The Balaban J connectivity index is 2.13. The van der Waals surface area contributed by atoms with Gasteiger partial charge >= 0.3 is 0 Å². The molecule has 0 aromatic rings. The highest BCUT2D eigenvalue weighted by atomic mass is 32.2. The SMILES string of the molecule is NC(CCOS(=O)[O-])C1CCCCC1. The molecule has 1 rings (SSSR count). The molecule has 0 spiro atoms. The van der Waals surface area contributed by atoms with Gasteiger partial charge in [-0.25, -0.2) is 4.21 Å². The molecule has 1 fully saturated rings. The number of rotatable bonds is 5. The number of nitrogens with two attached hydrogens (primary N) is 1. The Morgan fingerprint density at radius 1 is 1.43 bits per heavy atom. The van der Waals surface area contributed by atoms with Gasteiger partial charge in [-0.15, -0.1) is 0 Å². The largest absolute Gasteiger partial charge is 0.750 e. The second kappa shape index (κ2) is 6.50. The molecule has 0 saturated heterocycles. The summed E-state index contributed by atoms with van der Waals surface area (Å²) in [5.74, 6) is 0.562. The Bertz CT molecular complexity index is 183. The predicted octanol–water partition coefficient (Wildman–Crippen LogP) is 1.09. The van der Waals surface area contributed by atoms with Crippen LogP contribution in [0.2, 0.25) is 0 Å². The number of hydrogen-bond donors (Lipinski definition) is 1. The van der Waals surface area contributed by atoms with Crippen LogP contribution in [0.15, 0.2) is 0 Å². The van der Waals surface area contributed by atoms with Gasteiger partial charge in [-0.1, -0.05) is 19.3 Å². The highest BCUT2D eigenvalue weighted by Gasteiger charge is 2.19. The van der Waals surface area contributed by atoms with Gasteiger partial charge in [-0.2, -0.15) is 0 Å². The first-order chi connectivity index (χ1) is 6.70. The van der Waals surface area contributed by atoms with Crippen LogP contribution in [-0.2, 0) is 15.5 Å². The Morgan fingerprint density at radius 3 is 2.64 bits per heavy atom. The summed E-state index contributed by atoms with van der Waals surface area (Å²) in [5, 5.41) is 0. The van der Waals surface area contributed by atoms with E-state index in [-0.39, 0.29) is 12.6 Å². The van der Waals surface area contributed by atoms with Gasteiger partial charge in [-0.3, -0.25) is 0 Å². The van der Waals surface area contributed by atoms with Gasteiger partial charge in [0.25, 0.3) is 0 Å². The summed E-state index contributed by atoms with van der Waals surface area (Å²) in [6.07, 6.45) is 6.83. The lowest BCUT2D eigenvalue weighted by Crippen LogP contribution is -2.32. The molecule has 0 aliphatic heterocycles. The highest BCUT2D eigenvalue weighted by Crippen LogP contribution is 2.26. The van der Waals surface area contributed by atoms with Crippen molar-refractivity contribution in [2.24, 2.45) is 11.7 Å². The highest BCUT2D eigenvalue weighted by molar-refractivity contribution is 7.74. The summed E-state index contributed by atoms with van der Waals surface area (Å²) >= 11 is -2.39. The fraction of sp³-hybridized carbons (Fsp3) is 1.00. The Kier molecular flexibility index (Phi) is 5.62. The summed E-state index contributed by atoms with van der Waals surface area (Å²) in [4.78, 5) is 0. The van der Waals surface area contributed by atoms with Gasteiger partial charge in [0, 0.05) is 6.04 Å². The van der Waals surface area contributed by atoms with Crippen LogP contribution in [0.3, 0.4) is 0 Å². The van der Waals surface area contributed by atoms with Crippen molar-refractivity contribution in [1.82, 2.24) is 0 Å². The lowest BCUT2D eigenvalue weighted by atomic mass is 9.83. The van der Waals surface area contributed by atoms with Crippen LogP contribution < -0.4 is 5.73 Å². The van der Waals surface area contributed by atoms with Crippen LogP contribution in [-0.4, -0.2) is 21.4 Å². The van der Waals surface area contributed by atoms with Crippen LogP contribution >= 0.6 is 0 Å². The molecular weight excluding hydrogens is 202 g/mol. The van der Waals surface area contributed by atoms with Crippen LogP contribution in [0.4, 0.5) is 0 Å². The molecule has 2 atom stereocenters. The van der Waals surface area contributed by atoms with E-state index < -0.39 is 11.4 Å². The van der Waals surface area contributed by atoms with Gasteiger partial charge < -0.3 is 14.5 Å². The van der Waals surface area contributed by atoms with Crippen molar-refractivity contribution in [2.75, 3.05) is 6.61 Å². The summed E-state index contributed by atoms with van der Waals surface area (Å²) < 4.78 is 24.6. The first-order valence-electron chi connectivity index (χ1n) is 5.18. The average Bonchev–Trinajstić information content (AvgIpc) is 2.18. The van der Waals surface area contributed by atoms with Crippen molar-refractivity contribution >= 4 is 11.4 Å². The van der Waals surface area contributed by atoms with Gasteiger partial charge in [0.1, 0.15) is 0 Å². The van der Waals surface area contributed by atoms with Crippen molar-refractivity contribution in [3.05, 3.63) is 0 Å². The van der Waals surface area contributed by atoms with Crippen LogP contribution in [0.5, 0.6) is 0 Å². The molecular formula is C9H18NO3S-. The first kappa shape index (κ1) is 12.1. The lowest BCUT2D eigenvalue weighted by molar-refractivity contribution is 0.241. The molecule has 84 valence electrons. The van der Waals surface area contributed by atoms with Crippen molar-refractivity contribution < 1.29 is 12.9 Å². The Hall–Kier alpha value is 0.0300. The zero-order valence-electron chi connectivity index (χ0n) is 8.31. The van der Waals surface area contributed by atoms with Gasteiger partial charge in [0.15, 0.2) is 0 Å². The molecule has 4 nitrogen and oxygen atoms in total. The van der Waals surface area contributed by atoms with Gasteiger partial charge in [0.2, 0.25) is 0 Å². The molecule has 0 heterocycles. The minimum atomic E-state index is -2.39. The Morgan fingerprint density at radius 2 is 2.07 bits per heavy atom. The topological polar surface area (TPSA) is 75.4 Å². The Labute approximate surface area is 87.7 Å². The third-order valence-electron chi connectivity index (χ3n) is 2.89. The fourth-order valence-corrected chi connectivity index (χ4v) is 2.28. The molecule has 5 heteroatoms. The predicted molar refractivity (Wildman–Crippen MR) is 54.0 cm³/mol. The van der Waals surface area contributed by atoms with E-state index in [0.29, 0.717) is 12.3 Å². The van der Waals surface area contributed by atoms with E-state index in [9.17, 15) is 8.76 Å². The van der Waals surface area contributed by atoms with E-state index in [2.05, 4.69) is 4.18 Å². The molecule has 0 aromatic carbocycles. The van der Waals surface area contributed by atoms with Crippen LogP contribution in [0.1, 0.15) is 38.5 Å². The maximum absolute atomic E-state index is 10.1. The van der Waals surface area contributed by atoms with Crippen molar-refractivity contribution in [1.29, 1.82) is 0 Å². The maximum Gasteiger partial charge on any atom is 0.0842 e. The van der Waals surface area contributed by atoms with Gasteiger partial charge in [-0.05, 0) is 25.2 Å². The minimum absolute atomic E-state index is 0.0962. The first-order valence-corrected chi connectivity index (χ1v) is 6.18. The van der Waals surface area contributed by atoms with Crippen LogP contribution in [0, 0.1) is 5.92 Å². The second-order valence-electron chi connectivity index (χ2n) is 3.88. The molecule has 1 saturated carbocycles. The molecule has 2 unspecified atom stereocenters. The second-order valence-corrected chi connectivity index (χ2v) is 4.52. The number of hydrogen-bond acceptors (Lipinski definition) is 4. The summed E-state index contributed by atoms with van der Waals surface area (Å²) in [5.41, 5.74) is 5.95. The molecule has 0 aromatic heterocycles. The quantitative estimate of drug-likeness (QED) is 0.704. The third kappa shape index (κ3) is 4.50. The normalized spacial score (nSPS) is 23.3. The van der Waals surface area contributed by atoms with E-state index in [4.69, 9.17) is 5.73 Å². The smallest absolute Gasteiger partial charge is 0.0842 e. The zero-order chi connectivity index (χ0) is 10.4. The minimum Gasteiger partial charge on any atom is -0.750 e. The van der Waals surface area contributed by atoms with Gasteiger partial charge in [0.05, 0.1) is 18.0 Å². The zero-order valence-corrected chi connectivity index (χ0v) is 9.13. The van der Waals surface area contributed by atoms with Crippen LogP contribution in [0.25, 0.3) is 0 Å². The molecule has 1 aliphatic rings. The summed E-state index contributed by atoms with van der Waals surface area (Å²) in [6.45, 7) is 0.216. The summed E-state index contributed by atoms with van der Waals surface area (Å²) in [6, 6.07) is 0.0962. The van der Waals surface area contributed by atoms with E-state index >= 15 is 0 Å². The van der Waals surface area contributed by atoms with E-state index in [1.807, 2.05) is 0 Å². The fourth-order valence-electron chi connectivity index (χ4n) is 2.05. The maximum atomic E-state index is 10.1. The molecule has 1 aliphatic carbocycles. The molecule has 0 radical (unpaired) electrons. The van der Waals surface area contributed by atoms with E-state index in [1.165, 1.54) is 32.1 Å². The van der Waals surface area contributed by atoms with Crippen molar-refractivity contribution in [3.63, 3.8) is 0 Å². The molecule has 0 bridgehead atoms. The van der Waals surface area contributed by atoms with E-state index in [1.54, 1.807) is 0 Å². The molecule has 14 heavy (non-hydrogen) atoms. The molecule has 0 amide bonds. The standard InChI is InChI=1S/C9H19NO3S/c10-9(6-7-13-14(11)12)8-4-2-1-3-5-8/h8-9H,1-7,10H2,(H,11,12)/p-1. The van der Waals surface area contributed by atoms with Crippen molar-refractivity contribution in [2.45, 2.75) is 44.6 Å². The third-order valence-corrected chi connectivity index (χ3v) is 3.25. The monoisotopic (exact) mass is 220 g/mol. The van der Waals surface area contributed by atoms with E-state index in [0.717, 1.165) is 0 Å². The van der Waals surface area contributed by atoms with Crippen molar-refractivity contribution in [3.8, 4) is 0 Å².